The maximum atomic E-state index is 12.8. The fraction of sp³-hybridized carbons (Fsp3) is 0.350. The van der Waals surface area contributed by atoms with Crippen molar-refractivity contribution in [1.82, 2.24) is 5.32 Å². The monoisotopic (exact) mass is 442 g/mol. The van der Waals surface area contributed by atoms with Crippen molar-refractivity contribution in [3.8, 4) is 0 Å². The van der Waals surface area contributed by atoms with Crippen LogP contribution in [0.15, 0.2) is 42.5 Å². The van der Waals surface area contributed by atoms with Gasteiger partial charge in [0.25, 0.3) is 0 Å². The lowest BCUT2D eigenvalue weighted by Crippen LogP contribution is -2.48. The fourth-order valence-electron chi connectivity index (χ4n) is 2.89. The summed E-state index contributed by atoms with van der Waals surface area (Å²) in [6, 6.07) is 11.2. The summed E-state index contributed by atoms with van der Waals surface area (Å²) in [5.74, 6) is -0.413. The van der Waals surface area contributed by atoms with Crippen LogP contribution in [0.2, 0.25) is 10.0 Å². The number of sulfonamides is 1. The molecule has 0 spiro atoms. The van der Waals surface area contributed by atoms with Crippen LogP contribution >= 0.6 is 23.2 Å². The van der Waals surface area contributed by atoms with Gasteiger partial charge in [-0.1, -0.05) is 54.4 Å². The van der Waals surface area contributed by atoms with Crippen LogP contribution in [0.4, 0.5) is 5.69 Å². The molecule has 0 unspecified atom stereocenters. The first kappa shape index (κ1) is 22.5. The van der Waals surface area contributed by atoms with Gasteiger partial charge in [-0.25, -0.2) is 8.42 Å². The topological polar surface area (TPSA) is 66.5 Å². The Bertz CT molecular complexity index is 946. The summed E-state index contributed by atoms with van der Waals surface area (Å²) in [7, 11) is -3.73. The number of aryl methyl sites for hydroxylation is 1. The number of halogens is 2. The number of carbonyl (C=O) groups excluding carboxylic acids is 1. The number of nitrogens with zero attached hydrogens (tertiary/aromatic N) is 1. The van der Waals surface area contributed by atoms with Gasteiger partial charge in [-0.3, -0.25) is 9.10 Å². The van der Waals surface area contributed by atoms with E-state index in [2.05, 4.69) is 12.2 Å². The molecule has 0 aliphatic heterocycles. The highest BCUT2D eigenvalue weighted by Crippen LogP contribution is 2.29. The van der Waals surface area contributed by atoms with Crippen molar-refractivity contribution in [2.24, 2.45) is 0 Å². The third-order valence-corrected chi connectivity index (χ3v) is 6.47. The van der Waals surface area contributed by atoms with E-state index < -0.39 is 22.0 Å². The average molecular weight is 443 g/mol. The first-order chi connectivity index (χ1) is 13.0. The number of hydrogen-bond acceptors (Lipinski definition) is 3. The van der Waals surface area contributed by atoms with Crippen LogP contribution in [0, 0.1) is 0 Å². The highest BCUT2D eigenvalue weighted by molar-refractivity contribution is 7.92. The van der Waals surface area contributed by atoms with E-state index in [0.717, 1.165) is 22.5 Å². The van der Waals surface area contributed by atoms with Gasteiger partial charge >= 0.3 is 0 Å². The van der Waals surface area contributed by atoms with Crippen molar-refractivity contribution in [3.05, 3.63) is 63.6 Å². The lowest BCUT2D eigenvalue weighted by atomic mass is 10.0. The molecule has 0 aromatic heterocycles. The third kappa shape index (κ3) is 5.40. The molecule has 0 fully saturated rings. The molecule has 5 nitrogen and oxygen atoms in total. The van der Waals surface area contributed by atoms with Crippen molar-refractivity contribution in [1.29, 1.82) is 0 Å². The molecule has 2 aromatic carbocycles. The van der Waals surface area contributed by atoms with Crippen LogP contribution in [-0.4, -0.2) is 26.6 Å². The molecule has 0 saturated carbocycles. The average Bonchev–Trinajstić information content (AvgIpc) is 2.63. The van der Waals surface area contributed by atoms with Crippen molar-refractivity contribution >= 4 is 44.8 Å². The lowest BCUT2D eigenvalue weighted by molar-refractivity contribution is -0.122. The molecule has 2 rings (SSSR count). The van der Waals surface area contributed by atoms with Gasteiger partial charge in [0.05, 0.1) is 28.0 Å². The number of benzene rings is 2. The quantitative estimate of drug-likeness (QED) is 0.681. The van der Waals surface area contributed by atoms with Crippen molar-refractivity contribution in [2.45, 2.75) is 39.3 Å². The smallest absolute Gasteiger partial charge is 0.244 e. The number of hydrogen-bond donors (Lipinski definition) is 1. The zero-order chi connectivity index (χ0) is 21.1. The summed E-state index contributed by atoms with van der Waals surface area (Å²) >= 11 is 11.9. The first-order valence-electron chi connectivity index (χ1n) is 8.88. The third-order valence-electron chi connectivity index (χ3n) is 4.49. The molecule has 2 aromatic rings. The van der Waals surface area contributed by atoms with E-state index in [9.17, 15) is 13.2 Å². The largest absolute Gasteiger partial charge is 0.348 e. The minimum absolute atomic E-state index is 0.213. The van der Waals surface area contributed by atoms with Crippen molar-refractivity contribution in [2.75, 3.05) is 10.6 Å². The van der Waals surface area contributed by atoms with Crippen LogP contribution in [0.3, 0.4) is 0 Å². The van der Waals surface area contributed by atoms with Gasteiger partial charge in [-0.2, -0.15) is 0 Å². The molecule has 1 N–H and O–H groups in total. The summed E-state index contributed by atoms with van der Waals surface area (Å²) in [6.45, 7) is 5.46. The molecule has 0 aliphatic rings. The van der Waals surface area contributed by atoms with Crippen LogP contribution in [0.1, 0.15) is 37.9 Å². The fourth-order valence-corrected chi connectivity index (χ4v) is 4.35. The summed E-state index contributed by atoms with van der Waals surface area (Å²) in [5, 5.41) is 3.40. The first-order valence-corrected chi connectivity index (χ1v) is 11.5. The van der Waals surface area contributed by atoms with Gasteiger partial charge in [0.15, 0.2) is 0 Å². The maximum Gasteiger partial charge on any atom is 0.244 e. The Balaban J connectivity index is 2.24. The van der Waals surface area contributed by atoms with Crippen LogP contribution in [0.5, 0.6) is 0 Å². The minimum Gasteiger partial charge on any atom is -0.348 e. The van der Waals surface area contributed by atoms with E-state index >= 15 is 0 Å². The second kappa shape index (κ2) is 9.16. The van der Waals surface area contributed by atoms with E-state index in [1.807, 2.05) is 31.2 Å². The van der Waals surface area contributed by atoms with Crippen molar-refractivity contribution < 1.29 is 13.2 Å². The lowest BCUT2D eigenvalue weighted by Gasteiger charge is -2.29. The summed E-state index contributed by atoms with van der Waals surface area (Å²) in [6.07, 6.45) is 1.98. The zero-order valence-electron chi connectivity index (χ0n) is 16.2. The van der Waals surface area contributed by atoms with Crippen LogP contribution < -0.4 is 9.62 Å². The Morgan fingerprint density at radius 3 is 2.18 bits per heavy atom. The molecular weight excluding hydrogens is 419 g/mol. The predicted octanol–water partition coefficient (Wildman–Crippen LogP) is 4.59. The van der Waals surface area contributed by atoms with Gasteiger partial charge in [-0.15, -0.1) is 0 Å². The summed E-state index contributed by atoms with van der Waals surface area (Å²) < 4.78 is 25.8. The number of carbonyl (C=O) groups is 1. The Morgan fingerprint density at radius 1 is 1.07 bits per heavy atom. The van der Waals surface area contributed by atoms with Gasteiger partial charge in [-0.05, 0) is 49.6 Å². The van der Waals surface area contributed by atoms with Crippen molar-refractivity contribution in [3.63, 3.8) is 0 Å². The molecule has 28 heavy (non-hydrogen) atoms. The Morgan fingerprint density at radius 2 is 1.68 bits per heavy atom. The highest BCUT2D eigenvalue weighted by Gasteiger charge is 2.30. The van der Waals surface area contributed by atoms with E-state index in [4.69, 9.17) is 23.2 Å². The number of amides is 1. The SMILES string of the molecule is CCc1ccc([C@H](C)NC(=O)[C@@H](C)N(c2ccc(Cl)c(Cl)c2)S(C)(=O)=O)cc1. The second-order valence-electron chi connectivity index (χ2n) is 6.66. The molecule has 0 radical (unpaired) electrons. The number of anilines is 1. The standard InChI is InChI=1S/C20H24Cl2N2O3S/c1-5-15-6-8-16(9-7-15)13(2)23-20(25)14(3)24(28(4,26)27)17-10-11-18(21)19(22)12-17/h6-14H,5H2,1-4H3,(H,23,25)/t13-,14+/m0/s1. The predicted molar refractivity (Wildman–Crippen MR) is 116 cm³/mol. The van der Waals surface area contributed by atoms with Crippen LogP contribution in [0.25, 0.3) is 0 Å². The normalized spacial score (nSPS) is 13.6. The van der Waals surface area contributed by atoms with Gasteiger partial charge in [0.2, 0.25) is 15.9 Å². The Hall–Kier alpha value is -1.76. The molecular formula is C20H24Cl2N2O3S. The van der Waals surface area contributed by atoms with Crippen LogP contribution in [-0.2, 0) is 21.2 Å². The Labute approximate surface area is 176 Å². The summed E-state index contributed by atoms with van der Waals surface area (Å²) in [4.78, 5) is 12.8. The highest BCUT2D eigenvalue weighted by atomic mass is 35.5. The van der Waals surface area contributed by atoms with E-state index in [1.54, 1.807) is 0 Å². The second-order valence-corrected chi connectivity index (χ2v) is 9.33. The zero-order valence-corrected chi connectivity index (χ0v) is 18.6. The Kier molecular flexibility index (Phi) is 7.37. The molecule has 8 heteroatoms. The molecule has 2 atom stereocenters. The molecule has 0 aliphatic carbocycles. The van der Waals surface area contributed by atoms with E-state index in [0.29, 0.717) is 5.02 Å². The molecule has 0 heterocycles. The molecule has 152 valence electrons. The van der Waals surface area contributed by atoms with Gasteiger partial charge < -0.3 is 5.32 Å². The molecule has 0 saturated heterocycles. The van der Waals surface area contributed by atoms with E-state index in [1.165, 1.54) is 30.7 Å². The molecule has 0 bridgehead atoms. The van der Waals surface area contributed by atoms with Gasteiger partial charge in [0, 0.05) is 0 Å². The number of rotatable bonds is 7. The maximum absolute atomic E-state index is 12.8. The molecule has 1 amide bonds. The van der Waals surface area contributed by atoms with E-state index in [-0.39, 0.29) is 16.8 Å². The summed E-state index contributed by atoms with van der Waals surface area (Å²) in [5.41, 5.74) is 2.43. The minimum atomic E-state index is -3.73. The van der Waals surface area contributed by atoms with Gasteiger partial charge in [0.1, 0.15) is 6.04 Å². The number of nitrogens with one attached hydrogen (secondary N) is 1.